The summed E-state index contributed by atoms with van der Waals surface area (Å²) < 4.78 is 0. The highest BCUT2D eigenvalue weighted by Gasteiger charge is 2.34. The highest BCUT2D eigenvalue weighted by atomic mass is 16.4. The molecule has 1 atom stereocenters. The minimum absolute atomic E-state index is 0.00969. The monoisotopic (exact) mass is 206 g/mol. The highest BCUT2D eigenvalue weighted by Crippen LogP contribution is 2.18. The van der Waals surface area contributed by atoms with E-state index in [1.54, 1.807) is 24.3 Å². The molecule has 1 unspecified atom stereocenters. The number of benzene rings is 1. The molecule has 1 amide bonds. The van der Waals surface area contributed by atoms with Crippen LogP contribution in [-0.4, -0.2) is 23.0 Å². The van der Waals surface area contributed by atoms with Crippen molar-refractivity contribution in [2.45, 2.75) is 12.5 Å². The molecule has 0 spiro atoms. The van der Waals surface area contributed by atoms with Crippen LogP contribution >= 0.6 is 0 Å². The fraction of sp³-hybridized carbons (Fsp3) is 0.200. The number of amides is 1. The molecule has 5 heteroatoms. The number of nitrogens with zero attached hydrogens (tertiary/aromatic N) is 1. The number of carboxylic acid groups (broad SMARTS) is 1. The summed E-state index contributed by atoms with van der Waals surface area (Å²) in [6, 6.07) is 8.08. The minimum atomic E-state index is -1.01. The first-order valence-electron chi connectivity index (χ1n) is 4.55. The van der Waals surface area contributed by atoms with Crippen LogP contribution in [-0.2, 0) is 9.59 Å². The second kappa shape index (κ2) is 3.70. The predicted molar refractivity (Wildman–Crippen MR) is 53.1 cm³/mol. The van der Waals surface area contributed by atoms with Gasteiger partial charge in [-0.1, -0.05) is 18.2 Å². The van der Waals surface area contributed by atoms with Crippen LogP contribution in [0.1, 0.15) is 6.42 Å². The maximum absolute atomic E-state index is 11.5. The van der Waals surface area contributed by atoms with E-state index in [-0.39, 0.29) is 12.3 Å². The van der Waals surface area contributed by atoms with Crippen molar-refractivity contribution in [2.24, 2.45) is 0 Å². The van der Waals surface area contributed by atoms with Gasteiger partial charge < -0.3 is 5.11 Å². The van der Waals surface area contributed by atoms with Crippen molar-refractivity contribution in [3.63, 3.8) is 0 Å². The zero-order chi connectivity index (χ0) is 10.8. The van der Waals surface area contributed by atoms with Crippen molar-refractivity contribution < 1.29 is 14.7 Å². The molecule has 0 saturated carbocycles. The van der Waals surface area contributed by atoms with Crippen LogP contribution in [0.4, 0.5) is 5.69 Å². The van der Waals surface area contributed by atoms with E-state index in [4.69, 9.17) is 5.11 Å². The van der Waals surface area contributed by atoms with Gasteiger partial charge >= 0.3 is 5.97 Å². The molecule has 1 saturated heterocycles. The Labute approximate surface area is 86.3 Å². The maximum atomic E-state index is 11.5. The Kier molecular flexibility index (Phi) is 2.39. The summed E-state index contributed by atoms with van der Waals surface area (Å²) >= 11 is 0. The molecule has 15 heavy (non-hydrogen) atoms. The highest BCUT2D eigenvalue weighted by molar-refractivity contribution is 5.98. The number of nitrogens with one attached hydrogen (secondary N) is 1. The molecular formula is C10H10N2O3. The lowest BCUT2D eigenvalue weighted by Crippen LogP contribution is -2.40. The van der Waals surface area contributed by atoms with Crippen molar-refractivity contribution in [1.82, 2.24) is 5.43 Å². The van der Waals surface area contributed by atoms with Gasteiger partial charge in [0.1, 0.15) is 6.04 Å². The second-order valence-electron chi connectivity index (χ2n) is 3.29. The Morgan fingerprint density at radius 3 is 2.60 bits per heavy atom. The molecule has 2 rings (SSSR count). The van der Waals surface area contributed by atoms with Crippen molar-refractivity contribution in [1.29, 1.82) is 0 Å². The molecule has 0 aliphatic carbocycles. The molecule has 1 aliphatic heterocycles. The van der Waals surface area contributed by atoms with E-state index >= 15 is 0 Å². The molecule has 1 fully saturated rings. The summed E-state index contributed by atoms with van der Waals surface area (Å²) in [6.45, 7) is 0. The quantitative estimate of drug-likeness (QED) is 0.734. The first-order valence-corrected chi connectivity index (χ1v) is 4.55. The van der Waals surface area contributed by atoms with Crippen LogP contribution in [0.2, 0.25) is 0 Å². The molecule has 5 nitrogen and oxygen atoms in total. The number of anilines is 1. The topological polar surface area (TPSA) is 69.6 Å². The second-order valence-corrected chi connectivity index (χ2v) is 3.29. The Balaban J connectivity index is 2.19. The van der Waals surface area contributed by atoms with Crippen molar-refractivity contribution in [3.05, 3.63) is 30.3 Å². The van der Waals surface area contributed by atoms with E-state index in [2.05, 4.69) is 5.43 Å². The molecule has 0 radical (unpaired) electrons. The average molecular weight is 206 g/mol. The van der Waals surface area contributed by atoms with Crippen LogP contribution in [0.3, 0.4) is 0 Å². The molecule has 0 bridgehead atoms. The van der Waals surface area contributed by atoms with Gasteiger partial charge in [0.25, 0.3) is 0 Å². The summed E-state index contributed by atoms with van der Waals surface area (Å²) in [7, 11) is 0. The number of hydrogen-bond acceptors (Lipinski definition) is 3. The van der Waals surface area contributed by atoms with Crippen LogP contribution in [0.25, 0.3) is 0 Å². The third kappa shape index (κ3) is 1.82. The molecule has 1 aromatic rings. The Morgan fingerprint density at radius 2 is 2.07 bits per heavy atom. The van der Waals surface area contributed by atoms with Crippen molar-refractivity contribution in [2.75, 3.05) is 5.01 Å². The molecule has 0 aromatic heterocycles. The Morgan fingerprint density at radius 1 is 1.40 bits per heavy atom. The van der Waals surface area contributed by atoms with Gasteiger partial charge in [-0.15, -0.1) is 0 Å². The fourth-order valence-corrected chi connectivity index (χ4v) is 1.48. The van der Waals surface area contributed by atoms with Gasteiger partial charge in [0.2, 0.25) is 5.91 Å². The van der Waals surface area contributed by atoms with Crippen LogP contribution in [0, 0.1) is 0 Å². The third-order valence-electron chi connectivity index (χ3n) is 2.23. The van der Waals surface area contributed by atoms with Gasteiger partial charge in [-0.3, -0.25) is 9.59 Å². The van der Waals surface area contributed by atoms with Gasteiger partial charge in [0.05, 0.1) is 12.1 Å². The number of carboxylic acids is 1. The lowest BCUT2D eigenvalue weighted by Gasteiger charge is -2.16. The average Bonchev–Trinajstić information content (AvgIpc) is 2.62. The standard InChI is InChI=1S/C10H10N2O3/c13-9-6-8(10(14)15)11-12(9)7-4-2-1-3-5-7/h1-5,8,11H,6H2,(H,14,15). The fourth-order valence-electron chi connectivity index (χ4n) is 1.48. The number of rotatable bonds is 2. The Hall–Kier alpha value is -1.88. The van der Waals surface area contributed by atoms with Crippen LogP contribution in [0.5, 0.6) is 0 Å². The summed E-state index contributed by atoms with van der Waals surface area (Å²) in [4.78, 5) is 22.2. The molecule has 1 aliphatic rings. The van der Waals surface area contributed by atoms with Gasteiger partial charge in [-0.05, 0) is 12.1 Å². The minimum Gasteiger partial charge on any atom is -0.480 e. The van der Waals surface area contributed by atoms with Gasteiger partial charge in [0, 0.05) is 0 Å². The maximum Gasteiger partial charge on any atom is 0.323 e. The normalized spacial score (nSPS) is 20.7. The zero-order valence-corrected chi connectivity index (χ0v) is 7.88. The van der Waals surface area contributed by atoms with Crippen LogP contribution in [0.15, 0.2) is 30.3 Å². The number of para-hydroxylation sites is 1. The van der Waals surface area contributed by atoms with Gasteiger partial charge in [-0.25, -0.2) is 10.4 Å². The summed E-state index contributed by atoms with van der Waals surface area (Å²) in [5, 5.41) is 10.0. The van der Waals surface area contributed by atoms with E-state index < -0.39 is 12.0 Å². The number of aliphatic carboxylic acids is 1. The lowest BCUT2D eigenvalue weighted by molar-refractivity contribution is -0.139. The van der Waals surface area contributed by atoms with E-state index in [9.17, 15) is 9.59 Å². The Bertz CT molecular complexity index is 391. The number of hydrazine groups is 1. The van der Waals surface area contributed by atoms with Gasteiger partial charge in [-0.2, -0.15) is 0 Å². The summed E-state index contributed by atoms with van der Waals surface area (Å²) in [6.07, 6.45) is -0.00969. The smallest absolute Gasteiger partial charge is 0.323 e. The van der Waals surface area contributed by atoms with E-state index in [0.29, 0.717) is 5.69 Å². The zero-order valence-electron chi connectivity index (χ0n) is 7.88. The third-order valence-corrected chi connectivity index (χ3v) is 2.23. The van der Waals surface area contributed by atoms with Gasteiger partial charge in [0.15, 0.2) is 0 Å². The molecule has 2 N–H and O–H groups in total. The summed E-state index contributed by atoms with van der Waals surface area (Å²) in [5.41, 5.74) is 3.30. The SMILES string of the molecule is O=C(O)C1CC(=O)N(c2ccccc2)N1. The first kappa shape index (κ1) is 9.67. The molecule has 78 valence electrons. The van der Waals surface area contributed by atoms with Crippen molar-refractivity contribution in [3.8, 4) is 0 Å². The largest absolute Gasteiger partial charge is 0.480 e. The number of hydrogen-bond donors (Lipinski definition) is 2. The van der Waals surface area contributed by atoms with Crippen molar-refractivity contribution >= 4 is 17.6 Å². The number of carbonyl (C=O) groups is 2. The van der Waals surface area contributed by atoms with Crippen LogP contribution < -0.4 is 10.4 Å². The molecular weight excluding hydrogens is 196 g/mol. The lowest BCUT2D eigenvalue weighted by atomic mass is 10.2. The van der Waals surface area contributed by atoms with E-state index in [1.165, 1.54) is 5.01 Å². The molecule has 1 heterocycles. The van der Waals surface area contributed by atoms with E-state index in [0.717, 1.165) is 0 Å². The summed E-state index contributed by atoms with van der Waals surface area (Å²) in [5.74, 6) is -1.24. The number of carbonyl (C=O) groups excluding carboxylic acids is 1. The van der Waals surface area contributed by atoms with E-state index in [1.807, 2.05) is 6.07 Å². The predicted octanol–water partition coefficient (Wildman–Crippen LogP) is 0.381. The molecule has 1 aromatic carbocycles. The first-order chi connectivity index (χ1) is 7.18.